The SMILES string of the molecule is COc1n[nH]c(NC(=O)C2CCN(Cc3csc(C)n3)CC2)n1. The standard InChI is InChI=1S/C14H20N6O2S/c1-9-15-11(8-23-9)7-20-5-3-10(4-6-20)12(21)16-13-17-14(22-2)19-18-13/h8,10H,3-7H2,1-2H3,(H2,16,17,18,19,21). The van der Waals surface area contributed by atoms with Gasteiger partial charge in [-0.05, 0) is 32.9 Å². The van der Waals surface area contributed by atoms with Crippen molar-refractivity contribution in [1.82, 2.24) is 25.1 Å². The van der Waals surface area contributed by atoms with Gasteiger partial charge in [0.2, 0.25) is 11.9 Å². The van der Waals surface area contributed by atoms with Crippen molar-refractivity contribution in [2.45, 2.75) is 26.3 Å². The minimum absolute atomic E-state index is 0.000449. The Balaban J connectivity index is 1.47. The quantitative estimate of drug-likeness (QED) is 0.857. The van der Waals surface area contributed by atoms with Crippen molar-refractivity contribution < 1.29 is 9.53 Å². The highest BCUT2D eigenvalue weighted by atomic mass is 32.1. The Morgan fingerprint density at radius 2 is 2.26 bits per heavy atom. The number of carbonyl (C=O) groups excluding carboxylic acids is 1. The summed E-state index contributed by atoms with van der Waals surface area (Å²) >= 11 is 1.68. The van der Waals surface area contributed by atoms with Crippen molar-refractivity contribution >= 4 is 23.2 Å². The molecule has 8 nitrogen and oxygen atoms in total. The molecule has 1 amide bonds. The summed E-state index contributed by atoms with van der Waals surface area (Å²) in [6.07, 6.45) is 1.67. The van der Waals surface area contributed by atoms with Crippen molar-refractivity contribution in [2.24, 2.45) is 5.92 Å². The molecule has 1 saturated heterocycles. The van der Waals surface area contributed by atoms with Crippen LogP contribution in [0.25, 0.3) is 0 Å². The highest BCUT2D eigenvalue weighted by Gasteiger charge is 2.26. The van der Waals surface area contributed by atoms with Crippen LogP contribution in [-0.4, -0.2) is 51.2 Å². The molecule has 23 heavy (non-hydrogen) atoms. The maximum absolute atomic E-state index is 12.3. The van der Waals surface area contributed by atoms with E-state index in [0.717, 1.165) is 43.2 Å². The Morgan fingerprint density at radius 3 is 2.87 bits per heavy atom. The van der Waals surface area contributed by atoms with Crippen LogP contribution in [0.4, 0.5) is 5.95 Å². The van der Waals surface area contributed by atoms with Crippen molar-refractivity contribution in [1.29, 1.82) is 0 Å². The van der Waals surface area contributed by atoms with E-state index in [2.05, 4.69) is 35.8 Å². The molecule has 2 aromatic rings. The molecule has 3 heterocycles. The Labute approximate surface area is 138 Å². The molecule has 0 atom stereocenters. The molecule has 0 aliphatic carbocycles. The predicted octanol–water partition coefficient (Wildman–Crippen LogP) is 1.43. The van der Waals surface area contributed by atoms with Gasteiger partial charge in [-0.2, -0.15) is 4.98 Å². The van der Waals surface area contributed by atoms with Gasteiger partial charge < -0.3 is 4.74 Å². The number of H-pyrrole nitrogens is 1. The molecule has 1 aliphatic rings. The van der Waals surface area contributed by atoms with Crippen molar-refractivity contribution in [2.75, 3.05) is 25.5 Å². The number of likely N-dealkylation sites (tertiary alicyclic amines) is 1. The molecule has 3 rings (SSSR count). The van der Waals surface area contributed by atoms with Crippen LogP contribution in [-0.2, 0) is 11.3 Å². The van der Waals surface area contributed by atoms with Crippen LogP contribution < -0.4 is 10.1 Å². The fourth-order valence-corrected chi connectivity index (χ4v) is 3.28. The second-order valence-corrected chi connectivity index (χ2v) is 6.63. The van der Waals surface area contributed by atoms with Crippen LogP contribution in [0.5, 0.6) is 6.01 Å². The second kappa shape index (κ2) is 7.05. The molecule has 2 N–H and O–H groups in total. The first-order valence-electron chi connectivity index (χ1n) is 7.54. The molecule has 124 valence electrons. The van der Waals surface area contributed by atoms with Gasteiger partial charge in [0.1, 0.15) is 0 Å². The molecule has 1 aliphatic heterocycles. The van der Waals surface area contributed by atoms with Gasteiger partial charge in [0.15, 0.2) is 0 Å². The number of aryl methyl sites for hydroxylation is 1. The minimum atomic E-state index is -0.0204. The number of nitrogens with one attached hydrogen (secondary N) is 2. The number of anilines is 1. The summed E-state index contributed by atoms with van der Waals surface area (Å²) in [5.74, 6) is 0.305. The van der Waals surface area contributed by atoms with E-state index in [4.69, 9.17) is 4.74 Å². The number of ether oxygens (including phenoxy) is 1. The summed E-state index contributed by atoms with van der Waals surface area (Å²) < 4.78 is 4.88. The van der Waals surface area contributed by atoms with Gasteiger partial charge in [-0.25, -0.2) is 10.1 Å². The zero-order chi connectivity index (χ0) is 16.2. The summed E-state index contributed by atoms with van der Waals surface area (Å²) in [6.45, 7) is 4.67. The molecule has 2 aromatic heterocycles. The number of nitrogens with zero attached hydrogens (tertiary/aromatic N) is 4. The van der Waals surface area contributed by atoms with E-state index >= 15 is 0 Å². The third-order valence-electron chi connectivity index (χ3n) is 3.90. The molecule has 0 spiro atoms. The van der Waals surface area contributed by atoms with Crippen LogP contribution in [0, 0.1) is 12.8 Å². The monoisotopic (exact) mass is 336 g/mol. The smallest absolute Gasteiger partial charge is 0.336 e. The number of thiazole rings is 1. The lowest BCUT2D eigenvalue weighted by Gasteiger charge is -2.30. The molecule has 9 heteroatoms. The van der Waals surface area contributed by atoms with E-state index in [-0.39, 0.29) is 17.8 Å². The lowest BCUT2D eigenvalue weighted by molar-refractivity contribution is -0.121. The number of piperidine rings is 1. The van der Waals surface area contributed by atoms with E-state index in [1.807, 2.05) is 6.92 Å². The first-order chi connectivity index (χ1) is 11.1. The van der Waals surface area contributed by atoms with Gasteiger partial charge in [-0.15, -0.1) is 16.4 Å². The first kappa shape index (κ1) is 15.9. The van der Waals surface area contributed by atoms with Crippen LogP contribution in [0.15, 0.2) is 5.38 Å². The first-order valence-corrected chi connectivity index (χ1v) is 8.42. The minimum Gasteiger partial charge on any atom is -0.466 e. The molecule has 0 unspecified atom stereocenters. The van der Waals surface area contributed by atoms with Gasteiger partial charge in [-0.1, -0.05) is 0 Å². The zero-order valence-corrected chi connectivity index (χ0v) is 14.0. The van der Waals surface area contributed by atoms with Crippen LogP contribution in [0.1, 0.15) is 23.5 Å². The molecular formula is C14H20N6O2S. The van der Waals surface area contributed by atoms with E-state index in [9.17, 15) is 4.79 Å². The lowest BCUT2D eigenvalue weighted by Crippen LogP contribution is -2.38. The number of rotatable bonds is 5. The lowest BCUT2D eigenvalue weighted by atomic mass is 9.96. The van der Waals surface area contributed by atoms with Gasteiger partial charge >= 0.3 is 6.01 Å². The van der Waals surface area contributed by atoms with E-state index in [0.29, 0.717) is 5.95 Å². The van der Waals surface area contributed by atoms with E-state index < -0.39 is 0 Å². The fraction of sp³-hybridized carbons (Fsp3) is 0.571. The maximum Gasteiger partial charge on any atom is 0.336 e. The number of amides is 1. The zero-order valence-electron chi connectivity index (χ0n) is 13.2. The number of methoxy groups -OCH3 is 1. The summed E-state index contributed by atoms with van der Waals surface area (Å²) in [5, 5.41) is 12.4. The molecule has 0 radical (unpaired) electrons. The largest absolute Gasteiger partial charge is 0.466 e. The van der Waals surface area contributed by atoms with E-state index in [1.165, 1.54) is 7.11 Å². The molecule has 0 saturated carbocycles. The Hall–Kier alpha value is -2.00. The molecule has 0 aromatic carbocycles. The number of aromatic amines is 1. The van der Waals surface area contributed by atoms with E-state index in [1.54, 1.807) is 11.3 Å². The number of carbonyl (C=O) groups is 1. The van der Waals surface area contributed by atoms with Gasteiger partial charge in [0, 0.05) is 17.8 Å². The highest BCUT2D eigenvalue weighted by Crippen LogP contribution is 2.21. The van der Waals surface area contributed by atoms with Crippen molar-refractivity contribution in [3.05, 3.63) is 16.1 Å². The summed E-state index contributed by atoms with van der Waals surface area (Å²) in [5.41, 5.74) is 1.11. The predicted molar refractivity (Wildman–Crippen MR) is 86.4 cm³/mol. The van der Waals surface area contributed by atoms with Crippen LogP contribution >= 0.6 is 11.3 Å². The molecule has 0 bridgehead atoms. The summed E-state index contributed by atoms with van der Waals surface area (Å²) in [6, 6.07) is 0.216. The Kier molecular flexibility index (Phi) is 4.87. The Bertz CT molecular complexity index is 662. The maximum atomic E-state index is 12.3. The molecular weight excluding hydrogens is 316 g/mol. The summed E-state index contributed by atoms with van der Waals surface area (Å²) in [4.78, 5) is 23.1. The van der Waals surface area contributed by atoms with Crippen molar-refractivity contribution in [3.8, 4) is 6.01 Å². The van der Waals surface area contributed by atoms with Gasteiger partial charge in [-0.3, -0.25) is 15.0 Å². The topological polar surface area (TPSA) is 96.0 Å². The fourth-order valence-electron chi connectivity index (χ4n) is 2.68. The molecule has 1 fully saturated rings. The third kappa shape index (κ3) is 4.05. The summed E-state index contributed by atoms with van der Waals surface area (Å²) in [7, 11) is 1.48. The highest BCUT2D eigenvalue weighted by molar-refractivity contribution is 7.09. The van der Waals surface area contributed by atoms with Gasteiger partial charge in [0.25, 0.3) is 0 Å². The average Bonchev–Trinajstić information content (AvgIpc) is 3.17. The Morgan fingerprint density at radius 1 is 1.48 bits per heavy atom. The van der Waals surface area contributed by atoms with Gasteiger partial charge in [0.05, 0.1) is 17.8 Å². The number of hydrogen-bond acceptors (Lipinski definition) is 7. The third-order valence-corrected chi connectivity index (χ3v) is 4.72. The number of hydrogen-bond donors (Lipinski definition) is 2. The normalized spacial score (nSPS) is 16.4. The van der Waals surface area contributed by atoms with Crippen molar-refractivity contribution in [3.63, 3.8) is 0 Å². The van der Waals surface area contributed by atoms with Crippen LogP contribution in [0.3, 0.4) is 0 Å². The second-order valence-electron chi connectivity index (χ2n) is 5.57. The van der Waals surface area contributed by atoms with Crippen LogP contribution in [0.2, 0.25) is 0 Å². The number of aromatic nitrogens is 4. The average molecular weight is 336 g/mol.